The number of hydrogen-bond acceptors (Lipinski definition) is 4. The number of aryl methyl sites for hydroxylation is 1. The zero-order valence-corrected chi connectivity index (χ0v) is 11.7. The van der Waals surface area contributed by atoms with E-state index < -0.39 is 5.97 Å². The smallest absolute Gasteiger partial charge is 0.345 e. The van der Waals surface area contributed by atoms with Gasteiger partial charge in [-0.3, -0.25) is 4.98 Å². The second-order valence-electron chi connectivity index (χ2n) is 4.39. The summed E-state index contributed by atoms with van der Waals surface area (Å²) in [5.74, 6) is -0.861. The Bertz CT molecular complexity index is 566. The molecule has 0 unspecified atom stereocenters. The Balaban J connectivity index is 2.01. The number of thiophene rings is 1. The van der Waals surface area contributed by atoms with Crippen molar-refractivity contribution in [2.24, 2.45) is 0 Å². The molecule has 4 nitrogen and oxygen atoms in total. The summed E-state index contributed by atoms with van der Waals surface area (Å²) in [7, 11) is 0. The van der Waals surface area contributed by atoms with Gasteiger partial charge in [0.05, 0.1) is 0 Å². The largest absolute Gasteiger partial charge is 0.477 e. The Morgan fingerprint density at radius 3 is 2.95 bits per heavy atom. The van der Waals surface area contributed by atoms with Gasteiger partial charge < -0.3 is 10.4 Å². The Kier molecular flexibility index (Phi) is 4.29. The van der Waals surface area contributed by atoms with Gasteiger partial charge in [-0.05, 0) is 37.1 Å². The van der Waals surface area contributed by atoms with Gasteiger partial charge >= 0.3 is 5.97 Å². The molecule has 2 heterocycles. The molecule has 2 aromatic heterocycles. The number of aromatic nitrogens is 1. The van der Waals surface area contributed by atoms with Crippen molar-refractivity contribution >= 4 is 17.3 Å². The molecule has 0 fully saturated rings. The molecule has 0 spiro atoms. The van der Waals surface area contributed by atoms with Gasteiger partial charge in [0.1, 0.15) is 4.88 Å². The van der Waals surface area contributed by atoms with E-state index in [9.17, 15) is 4.79 Å². The molecule has 0 aliphatic heterocycles. The number of nitrogens with zero attached hydrogens (tertiary/aromatic N) is 1. The van der Waals surface area contributed by atoms with E-state index in [1.165, 1.54) is 11.3 Å². The minimum absolute atomic E-state index is 0.182. The van der Waals surface area contributed by atoms with Crippen molar-refractivity contribution < 1.29 is 9.90 Å². The molecule has 0 aliphatic carbocycles. The zero-order valence-electron chi connectivity index (χ0n) is 10.9. The lowest BCUT2D eigenvalue weighted by Crippen LogP contribution is -2.18. The maximum Gasteiger partial charge on any atom is 0.345 e. The molecule has 2 N–H and O–H groups in total. The molecule has 0 aromatic carbocycles. The van der Waals surface area contributed by atoms with Crippen molar-refractivity contribution in [2.75, 3.05) is 0 Å². The second-order valence-corrected chi connectivity index (χ2v) is 5.64. The van der Waals surface area contributed by atoms with Crippen LogP contribution in [0.1, 0.15) is 38.6 Å². The molecule has 0 amide bonds. The van der Waals surface area contributed by atoms with Crippen LogP contribution in [0.2, 0.25) is 0 Å². The van der Waals surface area contributed by atoms with Gasteiger partial charge in [0, 0.05) is 29.9 Å². The summed E-state index contributed by atoms with van der Waals surface area (Å²) >= 11 is 1.32. The average molecular weight is 276 g/mol. The summed E-state index contributed by atoms with van der Waals surface area (Å²) in [4.78, 5) is 16.4. The molecule has 0 aliphatic rings. The number of carboxylic acids is 1. The van der Waals surface area contributed by atoms with E-state index in [4.69, 9.17) is 5.11 Å². The van der Waals surface area contributed by atoms with Crippen molar-refractivity contribution in [2.45, 2.75) is 26.4 Å². The maximum absolute atomic E-state index is 10.9. The number of aromatic carboxylic acids is 1. The highest BCUT2D eigenvalue weighted by Crippen LogP contribution is 2.22. The highest BCUT2D eigenvalue weighted by atomic mass is 32.1. The zero-order chi connectivity index (χ0) is 13.8. The van der Waals surface area contributed by atoms with Crippen LogP contribution in [0.25, 0.3) is 0 Å². The van der Waals surface area contributed by atoms with Gasteiger partial charge in [0.25, 0.3) is 0 Å². The summed E-state index contributed by atoms with van der Waals surface area (Å²) in [6.45, 7) is 4.67. The lowest BCUT2D eigenvalue weighted by Gasteiger charge is -2.13. The molecule has 2 aromatic rings. The summed E-state index contributed by atoms with van der Waals surface area (Å²) in [5, 5.41) is 12.3. The third-order valence-electron chi connectivity index (χ3n) is 3.01. The Morgan fingerprint density at radius 2 is 2.37 bits per heavy atom. The van der Waals surface area contributed by atoms with Crippen LogP contribution in [-0.4, -0.2) is 16.1 Å². The molecule has 5 heteroatoms. The first-order valence-electron chi connectivity index (χ1n) is 6.04. The van der Waals surface area contributed by atoms with Crippen LogP contribution in [0.4, 0.5) is 0 Å². The van der Waals surface area contributed by atoms with Crippen molar-refractivity contribution in [1.82, 2.24) is 10.3 Å². The normalized spacial score (nSPS) is 12.3. The fourth-order valence-electron chi connectivity index (χ4n) is 1.81. The van der Waals surface area contributed by atoms with Crippen LogP contribution < -0.4 is 5.32 Å². The molecule has 100 valence electrons. The van der Waals surface area contributed by atoms with Gasteiger partial charge in [-0.1, -0.05) is 6.07 Å². The van der Waals surface area contributed by atoms with Crippen LogP contribution in [0.5, 0.6) is 0 Å². The number of carboxylic acid groups (broad SMARTS) is 1. The van der Waals surface area contributed by atoms with Crippen molar-refractivity contribution in [3.63, 3.8) is 0 Å². The Labute approximate surface area is 116 Å². The third-order valence-corrected chi connectivity index (χ3v) is 4.10. The molecular weight excluding hydrogens is 260 g/mol. The SMILES string of the molecule is Cc1sc(C(=O)O)cc1CN[C@@H](C)c1cccnc1. The monoisotopic (exact) mass is 276 g/mol. The fourth-order valence-corrected chi connectivity index (χ4v) is 2.69. The molecule has 0 bridgehead atoms. The molecule has 19 heavy (non-hydrogen) atoms. The number of pyridine rings is 1. The lowest BCUT2D eigenvalue weighted by molar-refractivity contribution is 0.0702. The molecule has 2 rings (SSSR count). The van der Waals surface area contributed by atoms with Crippen LogP contribution in [-0.2, 0) is 6.54 Å². The quantitative estimate of drug-likeness (QED) is 0.881. The van der Waals surface area contributed by atoms with Crippen LogP contribution in [0.3, 0.4) is 0 Å². The number of nitrogens with one attached hydrogen (secondary N) is 1. The van der Waals surface area contributed by atoms with E-state index in [2.05, 4.69) is 17.2 Å². The molecular formula is C14H16N2O2S. The molecule has 0 radical (unpaired) electrons. The first kappa shape index (κ1) is 13.7. The van der Waals surface area contributed by atoms with Gasteiger partial charge in [-0.25, -0.2) is 4.79 Å². The van der Waals surface area contributed by atoms with E-state index in [1.54, 1.807) is 12.3 Å². The van der Waals surface area contributed by atoms with Gasteiger partial charge in [-0.15, -0.1) is 11.3 Å². The molecule has 1 atom stereocenters. The Morgan fingerprint density at radius 1 is 1.58 bits per heavy atom. The summed E-state index contributed by atoms with van der Waals surface area (Å²) in [6, 6.07) is 5.85. The molecule has 0 saturated carbocycles. The fraction of sp³-hybridized carbons (Fsp3) is 0.286. The maximum atomic E-state index is 10.9. The highest BCUT2D eigenvalue weighted by molar-refractivity contribution is 7.14. The third kappa shape index (κ3) is 3.39. The first-order valence-corrected chi connectivity index (χ1v) is 6.85. The minimum Gasteiger partial charge on any atom is -0.477 e. The van der Waals surface area contributed by atoms with Gasteiger partial charge in [0.15, 0.2) is 0 Å². The average Bonchev–Trinajstić information content (AvgIpc) is 2.79. The van der Waals surface area contributed by atoms with E-state index in [0.29, 0.717) is 11.4 Å². The summed E-state index contributed by atoms with van der Waals surface area (Å²) in [6.07, 6.45) is 3.58. The van der Waals surface area contributed by atoms with Crippen molar-refractivity contribution in [3.8, 4) is 0 Å². The second kappa shape index (κ2) is 5.95. The number of hydrogen-bond donors (Lipinski definition) is 2. The first-order chi connectivity index (χ1) is 9.08. The topological polar surface area (TPSA) is 62.2 Å². The number of rotatable bonds is 5. The van der Waals surface area contributed by atoms with E-state index in [0.717, 1.165) is 16.0 Å². The summed E-state index contributed by atoms with van der Waals surface area (Å²) < 4.78 is 0. The summed E-state index contributed by atoms with van der Waals surface area (Å²) in [5.41, 5.74) is 2.16. The van der Waals surface area contributed by atoms with E-state index in [1.807, 2.05) is 25.3 Å². The van der Waals surface area contributed by atoms with Gasteiger partial charge in [-0.2, -0.15) is 0 Å². The van der Waals surface area contributed by atoms with Crippen LogP contribution >= 0.6 is 11.3 Å². The standard InChI is InChI=1S/C14H16N2O2S/c1-9(11-4-3-5-15-7-11)16-8-12-6-13(14(17)18)19-10(12)2/h3-7,9,16H,8H2,1-2H3,(H,17,18)/t9-/m0/s1. The highest BCUT2D eigenvalue weighted by Gasteiger charge is 2.12. The van der Waals surface area contributed by atoms with Crippen LogP contribution in [0.15, 0.2) is 30.6 Å². The van der Waals surface area contributed by atoms with Crippen LogP contribution in [0, 0.1) is 6.92 Å². The van der Waals surface area contributed by atoms with E-state index in [-0.39, 0.29) is 6.04 Å². The predicted octanol–water partition coefficient (Wildman–Crippen LogP) is 3.00. The molecule has 0 saturated heterocycles. The van der Waals surface area contributed by atoms with Gasteiger partial charge in [0.2, 0.25) is 0 Å². The predicted molar refractivity (Wildman–Crippen MR) is 75.5 cm³/mol. The lowest BCUT2D eigenvalue weighted by atomic mass is 10.1. The van der Waals surface area contributed by atoms with E-state index >= 15 is 0 Å². The van der Waals surface area contributed by atoms with Crippen molar-refractivity contribution in [1.29, 1.82) is 0 Å². The number of carbonyl (C=O) groups is 1. The Hall–Kier alpha value is -1.72. The van der Waals surface area contributed by atoms with Crippen molar-refractivity contribution in [3.05, 3.63) is 51.5 Å². The minimum atomic E-state index is -0.861.